The Balaban J connectivity index is 0. The summed E-state index contributed by atoms with van der Waals surface area (Å²) in [4.78, 5) is 10.4. The van der Waals surface area contributed by atoms with Crippen molar-refractivity contribution < 1.29 is 9.90 Å². The highest BCUT2D eigenvalue weighted by molar-refractivity contribution is 5.81. The van der Waals surface area contributed by atoms with E-state index in [9.17, 15) is 4.79 Å². The average Bonchev–Trinajstić information content (AvgIpc) is 1.94. The fourth-order valence-electron chi connectivity index (χ4n) is 0.423. The third kappa shape index (κ3) is 5.72. The van der Waals surface area contributed by atoms with Gasteiger partial charge >= 0.3 is 0 Å². The maximum absolute atomic E-state index is 10.4. The van der Waals surface area contributed by atoms with Gasteiger partial charge in [-0.05, 0) is 14.0 Å². The molecule has 0 bridgehead atoms. The lowest BCUT2D eigenvalue weighted by atomic mass is 10.2. The molecule has 0 heterocycles. The van der Waals surface area contributed by atoms with E-state index in [2.05, 4.69) is 5.32 Å². The van der Waals surface area contributed by atoms with Crippen LogP contribution in [0.25, 0.3) is 0 Å². The van der Waals surface area contributed by atoms with Gasteiger partial charge in [0.25, 0.3) is 0 Å². The van der Waals surface area contributed by atoms with Gasteiger partial charge in [-0.2, -0.15) is 0 Å². The number of carbonyl (C=O) groups excluding carboxylic acids is 1. The molecular weight excluding hydrogens is 130 g/mol. The summed E-state index contributed by atoms with van der Waals surface area (Å²) in [7, 11) is 1.64. The zero-order valence-electron chi connectivity index (χ0n) is 7.14. The number of Topliss-reactive ketones (excluding diaryl/α,β-unsaturated/α-hetero) is 1. The van der Waals surface area contributed by atoms with E-state index in [4.69, 9.17) is 5.11 Å². The summed E-state index contributed by atoms with van der Waals surface area (Å²) >= 11 is 0. The van der Waals surface area contributed by atoms with Crippen molar-refractivity contribution in [1.29, 1.82) is 0 Å². The predicted octanol–water partition coefficient (Wildman–Crippen LogP) is 0.182. The van der Waals surface area contributed by atoms with E-state index < -0.39 is 0 Å². The molecule has 0 aliphatic carbocycles. The normalized spacial score (nSPS) is 11.3. The SMILES string of the molecule is CC.CN[C@H](CO)C(C)=O. The zero-order valence-corrected chi connectivity index (χ0v) is 7.14. The first-order chi connectivity index (χ1) is 4.72. The van der Waals surface area contributed by atoms with Gasteiger partial charge in [0.15, 0.2) is 0 Å². The Kier molecular flexibility index (Phi) is 10.6. The molecule has 0 radical (unpaired) electrons. The molecule has 0 amide bonds. The van der Waals surface area contributed by atoms with Crippen LogP contribution in [-0.4, -0.2) is 30.6 Å². The molecule has 0 aliphatic heterocycles. The van der Waals surface area contributed by atoms with Gasteiger partial charge in [0.05, 0.1) is 12.6 Å². The van der Waals surface area contributed by atoms with E-state index in [-0.39, 0.29) is 18.4 Å². The van der Waals surface area contributed by atoms with Gasteiger partial charge in [-0.3, -0.25) is 4.79 Å². The first-order valence-corrected chi connectivity index (χ1v) is 3.51. The van der Waals surface area contributed by atoms with Crippen LogP contribution in [0.3, 0.4) is 0 Å². The van der Waals surface area contributed by atoms with E-state index in [1.807, 2.05) is 13.8 Å². The third-order valence-corrected chi connectivity index (χ3v) is 1.02. The number of aliphatic hydroxyl groups excluding tert-OH is 1. The first-order valence-electron chi connectivity index (χ1n) is 3.51. The van der Waals surface area contributed by atoms with Gasteiger partial charge in [0.1, 0.15) is 5.78 Å². The van der Waals surface area contributed by atoms with E-state index in [0.717, 1.165) is 0 Å². The molecule has 0 fully saturated rings. The minimum Gasteiger partial charge on any atom is -0.394 e. The highest BCUT2D eigenvalue weighted by Gasteiger charge is 2.07. The Morgan fingerprint density at radius 1 is 1.60 bits per heavy atom. The molecule has 0 saturated carbocycles. The number of carbonyl (C=O) groups is 1. The number of hydrogen-bond donors (Lipinski definition) is 2. The van der Waals surface area contributed by atoms with Gasteiger partial charge in [-0.15, -0.1) is 0 Å². The summed E-state index contributed by atoms with van der Waals surface area (Å²) in [6, 6.07) is -0.380. The second-order valence-corrected chi connectivity index (χ2v) is 1.63. The lowest BCUT2D eigenvalue weighted by molar-refractivity contribution is -0.119. The molecule has 0 unspecified atom stereocenters. The second-order valence-electron chi connectivity index (χ2n) is 1.63. The number of nitrogens with one attached hydrogen (secondary N) is 1. The summed E-state index contributed by atoms with van der Waals surface area (Å²) in [5, 5.41) is 11.1. The molecule has 0 aromatic heterocycles. The summed E-state index contributed by atoms with van der Waals surface area (Å²) in [6.07, 6.45) is 0. The largest absolute Gasteiger partial charge is 0.394 e. The lowest BCUT2D eigenvalue weighted by Gasteiger charge is -2.06. The van der Waals surface area contributed by atoms with Crippen LogP contribution in [0.2, 0.25) is 0 Å². The third-order valence-electron chi connectivity index (χ3n) is 1.02. The lowest BCUT2D eigenvalue weighted by Crippen LogP contribution is -2.35. The van der Waals surface area contributed by atoms with Gasteiger partial charge in [0, 0.05) is 0 Å². The Bertz CT molecular complexity index is 79.7. The van der Waals surface area contributed by atoms with Crippen LogP contribution < -0.4 is 5.32 Å². The summed E-state index contributed by atoms with van der Waals surface area (Å²) in [6.45, 7) is 5.32. The minimum absolute atomic E-state index is 0.0324. The molecule has 0 saturated heterocycles. The number of likely N-dealkylation sites (N-methyl/N-ethyl adjacent to an activating group) is 1. The summed E-state index contributed by atoms with van der Waals surface area (Å²) in [5.74, 6) is -0.0324. The molecule has 0 aromatic rings. The van der Waals surface area contributed by atoms with Crippen molar-refractivity contribution in [2.75, 3.05) is 13.7 Å². The molecule has 0 rings (SSSR count). The molecule has 3 nitrogen and oxygen atoms in total. The van der Waals surface area contributed by atoms with Crippen molar-refractivity contribution in [3.63, 3.8) is 0 Å². The highest BCUT2D eigenvalue weighted by Crippen LogP contribution is 1.79. The second kappa shape index (κ2) is 8.59. The van der Waals surface area contributed by atoms with Gasteiger partial charge in [-0.1, -0.05) is 13.8 Å². The predicted molar refractivity (Wildman–Crippen MR) is 42.0 cm³/mol. The fourth-order valence-corrected chi connectivity index (χ4v) is 0.423. The van der Waals surface area contributed by atoms with E-state index in [0.29, 0.717) is 0 Å². The van der Waals surface area contributed by atoms with Crippen molar-refractivity contribution in [3.05, 3.63) is 0 Å². The van der Waals surface area contributed by atoms with Gasteiger partial charge in [0.2, 0.25) is 0 Å². The average molecular weight is 147 g/mol. The standard InChI is InChI=1S/C5H11NO2.C2H6/c1-4(8)5(3-7)6-2;1-2/h5-7H,3H2,1-2H3;1-2H3/t5-;/m1./s1. The van der Waals surface area contributed by atoms with Gasteiger partial charge < -0.3 is 10.4 Å². The van der Waals surface area contributed by atoms with Crippen LogP contribution in [0, 0.1) is 0 Å². The number of ketones is 1. The molecule has 3 heteroatoms. The first kappa shape index (κ1) is 12.3. The molecular formula is C7H17NO2. The van der Waals surface area contributed by atoms with Crippen molar-refractivity contribution in [2.45, 2.75) is 26.8 Å². The van der Waals surface area contributed by atoms with Crippen LogP contribution in [-0.2, 0) is 4.79 Å². The molecule has 0 aromatic carbocycles. The molecule has 0 spiro atoms. The van der Waals surface area contributed by atoms with E-state index >= 15 is 0 Å². The minimum atomic E-state index is -0.380. The smallest absolute Gasteiger partial charge is 0.149 e. The Labute approximate surface area is 62.4 Å². The van der Waals surface area contributed by atoms with Crippen molar-refractivity contribution in [1.82, 2.24) is 5.32 Å². The fraction of sp³-hybridized carbons (Fsp3) is 0.857. The molecule has 0 aliphatic rings. The number of aliphatic hydroxyl groups is 1. The van der Waals surface area contributed by atoms with Crippen LogP contribution in [0.4, 0.5) is 0 Å². The Morgan fingerprint density at radius 2 is 2.00 bits per heavy atom. The summed E-state index contributed by atoms with van der Waals surface area (Å²) < 4.78 is 0. The summed E-state index contributed by atoms with van der Waals surface area (Å²) in [5.41, 5.74) is 0. The molecule has 10 heavy (non-hydrogen) atoms. The van der Waals surface area contributed by atoms with Crippen molar-refractivity contribution in [2.24, 2.45) is 0 Å². The van der Waals surface area contributed by atoms with E-state index in [1.54, 1.807) is 7.05 Å². The van der Waals surface area contributed by atoms with Crippen LogP contribution >= 0.6 is 0 Å². The van der Waals surface area contributed by atoms with Crippen LogP contribution in [0.5, 0.6) is 0 Å². The topological polar surface area (TPSA) is 49.3 Å². The highest BCUT2D eigenvalue weighted by atomic mass is 16.3. The van der Waals surface area contributed by atoms with Crippen molar-refractivity contribution in [3.8, 4) is 0 Å². The van der Waals surface area contributed by atoms with Crippen molar-refractivity contribution >= 4 is 5.78 Å². The Hall–Kier alpha value is -0.410. The van der Waals surface area contributed by atoms with E-state index in [1.165, 1.54) is 6.92 Å². The number of rotatable bonds is 3. The molecule has 2 N–H and O–H groups in total. The molecule has 1 atom stereocenters. The maximum atomic E-state index is 10.4. The Morgan fingerprint density at radius 3 is 2.00 bits per heavy atom. The maximum Gasteiger partial charge on any atom is 0.149 e. The monoisotopic (exact) mass is 147 g/mol. The quantitative estimate of drug-likeness (QED) is 0.598. The van der Waals surface area contributed by atoms with Crippen LogP contribution in [0.1, 0.15) is 20.8 Å². The molecule has 62 valence electrons. The zero-order chi connectivity index (χ0) is 8.57. The van der Waals surface area contributed by atoms with Crippen LogP contribution in [0.15, 0.2) is 0 Å². The number of hydrogen-bond acceptors (Lipinski definition) is 3. The van der Waals surface area contributed by atoms with Gasteiger partial charge in [-0.25, -0.2) is 0 Å².